The Labute approximate surface area is 134 Å². The molecule has 5 nitrogen and oxygen atoms in total. The maximum absolute atomic E-state index is 12.4. The molecule has 1 aromatic carbocycles. The summed E-state index contributed by atoms with van der Waals surface area (Å²) in [5.41, 5.74) is 1.06. The Kier molecular flexibility index (Phi) is 3.75. The number of hydrogen-bond donors (Lipinski definition) is 0. The number of benzene rings is 1. The van der Waals surface area contributed by atoms with Gasteiger partial charge in [-0.3, -0.25) is 0 Å². The highest BCUT2D eigenvalue weighted by molar-refractivity contribution is 7.96. The summed E-state index contributed by atoms with van der Waals surface area (Å²) in [5.74, 6) is -0.120. The van der Waals surface area contributed by atoms with E-state index >= 15 is 0 Å². The lowest BCUT2D eigenvalue weighted by Crippen LogP contribution is -2.22. The van der Waals surface area contributed by atoms with Crippen molar-refractivity contribution in [3.63, 3.8) is 0 Å². The van der Waals surface area contributed by atoms with Gasteiger partial charge in [0.05, 0.1) is 11.0 Å². The monoisotopic (exact) mass is 359 g/mol. The van der Waals surface area contributed by atoms with E-state index in [1.54, 1.807) is 35.7 Å². The van der Waals surface area contributed by atoms with Crippen LogP contribution in [0.1, 0.15) is 0 Å². The highest BCUT2D eigenvalue weighted by Crippen LogP contribution is 2.32. The van der Waals surface area contributed by atoms with Crippen LogP contribution in [0.3, 0.4) is 0 Å². The summed E-state index contributed by atoms with van der Waals surface area (Å²) in [5, 5.41) is 1.56. The minimum Gasteiger partial charge on any atom is -0.231 e. The molecule has 0 aliphatic carbocycles. The second kappa shape index (κ2) is 5.42. The number of para-hydroxylation sites is 2. The van der Waals surface area contributed by atoms with Crippen molar-refractivity contribution in [3.05, 3.63) is 46.9 Å². The molecule has 0 aliphatic rings. The van der Waals surface area contributed by atoms with Crippen LogP contribution in [0.4, 0.5) is 5.82 Å². The average molecular weight is 360 g/mol. The van der Waals surface area contributed by atoms with Crippen LogP contribution in [0, 0.1) is 0 Å². The van der Waals surface area contributed by atoms with Crippen molar-refractivity contribution in [2.75, 3.05) is 3.82 Å². The van der Waals surface area contributed by atoms with E-state index < -0.39 is 10.0 Å². The molecule has 0 bridgehead atoms. The van der Waals surface area contributed by atoms with Gasteiger partial charge in [0.25, 0.3) is 10.0 Å². The van der Waals surface area contributed by atoms with Gasteiger partial charge in [-0.25, -0.2) is 9.97 Å². The van der Waals surface area contributed by atoms with Crippen LogP contribution < -0.4 is 3.82 Å². The molecule has 2 heterocycles. The third-order valence-electron chi connectivity index (χ3n) is 2.64. The molecule has 9 heteroatoms. The standard InChI is InChI=1S/C12H7Cl2N3O2S2/c13-11-12(16-9-5-2-1-4-8(9)15-11)17(14)21(18,19)10-6-3-7-20-10/h1-7H. The number of fused-ring (bicyclic) bond motifs is 1. The molecule has 0 aliphatic heterocycles. The summed E-state index contributed by atoms with van der Waals surface area (Å²) in [6, 6.07) is 10.1. The molecule has 0 radical (unpaired) electrons. The van der Waals surface area contributed by atoms with Crippen molar-refractivity contribution in [2.24, 2.45) is 0 Å². The zero-order valence-electron chi connectivity index (χ0n) is 10.3. The minimum absolute atomic E-state index is 0.0798. The van der Waals surface area contributed by atoms with Crippen LogP contribution in [-0.4, -0.2) is 18.4 Å². The van der Waals surface area contributed by atoms with Crippen LogP contribution in [0.15, 0.2) is 46.0 Å². The third kappa shape index (κ3) is 2.57. The number of rotatable bonds is 3. The summed E-state index contributed by atoms with van der Waals surface area (Å²) in [4.78, 5) is 8.28. The molecule has 0 fully saturated rings. The maximum Gasteiger partial charge on any atom is 0.289 e. The van der Waals surface area contributed by atoms with Crippen molar-refractivity contribution in [1.29, 1.82) is 0 Å². The Balaban J connectivity index is 2.14. The van der Waals surface area contributed by atoms with E-state index in [0.717, 1.165) is 11.3 Å². The zero-order chi connectivity index (χ0) is 15.0. The first-order chi connectivity index (χ1) is 10.00. The zero-order valence-corrected chi connectivity index (χ0v) is 13.4. The van der Waals surface area contributed by atoms with Gasteiger partial charge in [0, 0.05) is 11.8 Å². The predicted molar refractivity (Wildman–Crippen MR) is 84.4 cm³/mol. The molecule has 108 valence electrons. The first kappa shape index (κ1) is 14.5. The molecule has 3 rings (SSSR count). The van der Waals surface area contributed by atoms with Crippen LogP contribution in [0.2, 0.25) is 5.15 Å². The van der Waals surface area contributed by atoms with E-state index in [1.165, 1.54) is 6.07 Å². The second-order valence-corrected chi connectivity index (χ2v) is 7.84. The molecule has 2 aromatic heterocycles. The molecule has 0 saturated heterocycles. The van der Waals surface area contributed by atoms with Crippen molar-refractivity contribution >= 4 is 61.6 Å². The quantitative estimate of drug-likeness (QED) is 0.669. The van der Waals surface area contributed by atoms with Crippen LogP contribution in [-0.2, 0) is 10.0 Å². The Bertz CT molecular complexity index is 898. The predicted octanol–water partition coefficient (Wildman–Crippen LogP) is 3.69. The van der Waals surface area contributed by atoms with E-state index in [1.807, 2.05) is 0 Å². The molecule has 0 atom stereocenters. The van der Waals surface area contributed by atoms with Crippen LogP contribution in [0.5, 0.6) is 0 Å². The number of halogens is 2. The van der Waals surface area contributed by atoms with Gasteiger partial charge < -0.3 is 0 Å². The van der Waals surface area contributed by atoms with E-state index in [9.17, 15) is 8.42 Å². The molecule has 0 saturated carbocycles. The first-order valence-corrected chi connectivity index (χ1v) is 8.70. The molecule has 0 unspecified atom stereocenters. The van der Waals surface area contributed by atoms with Gasteiger partial charge in [-0.1, -0.05) is 29.8 Å². The van der Waals surface area contributed by atoms with Crippen molar-refractivity contribution in [3.8, 4) is 0 Å². The fourth-order valence-corrected chi connectivity index (χ4v) is 4.55. The molecule has 21 heavy (non-hydrogen) atoms. The molecule has 3 aromatic rings. The Hall–Kier alpha value is -1.41. The summed E-state index contributed by atoms with van der Waals surface area (Å²) < 4.78 is 25.3. The largest absolute Gasteiger partial charge is 0.289 e. The van der Waals surface area contributed by atoms with E-state index in [4.69, 9.17) is 23.4 Å². The fraction of sp³-hybridized carbons (Fsp3) is 0. The van der Waals surface area contributed by atoms with Crippen molar-refractivity contribution in [2.45, 2.75) is 4.21 Å². The van der Waals surface area contributed by atoms with Crippen LogP contribution >= 0.6 is 34.7 Å². The molecule has 0 spiro atoms. The smallest absolute Gasteiger partial charge is 0.231 e. The summed E-state index contributed by atoms with van der Waals surface area (Å²) in [6.45, 7) is 0. The van der Waals surface area contributed by atoms with Gasteiger partial charge in [0.15, 0.2) is 11.0 Å². The highest BCUT2D eigenvalue weighted by Gasteiger charge is 2.28. The van der Waals surface area contributed by atoms with Gasteiger partial charge in [-0.2, -0.15) is 12.2 Å². The Morgan fingerprint density at radius 3 is 2.33 bits per heavy atom. The van der Waals surface area contributed by atoms with Crippen molar-refractivity contribution < 1.29 is 8.42 Å². The number of anilines is 1. The molecule has 0 amide bonds. The first-order valence-electron chi connectivity index (χ1n) is 5.67. The summed E-state index contributed by atoms with van der Waals surface area (Å²) in [6.07, 6.45) is 0. The minimum atomic E-state index is -3.91. The van der Waals surface area contributed by atoms with Gasteiger partial charge in [-0.05, 0) is 23.6 Å². The number of aromatic nitrogens is 2. The van der Waals surface area contributed by atoms with Crippen LogP contribution in [0.25, 0.3) is 11.0 Å². The molecule has 0 N–H and O–H groups in total. The fourth-order valence-electron chi connectivity index (χ4n) is 1.68. The average Bonchev–Trinajstić information content (AvgIpc) is 3.00. The number of hydrogen-bond acceptors (Lipinski definition) is 5. The number of nitrogens with zero attached hydrogens (tertiary/aromatic N) is 3. The van der Waals surface area contributed by atoms with E-state index in [0.29, 0.717) is 14.9 Å². The number of sulfonamides is 1. The van der Waals surface area contributed by atoms with Crippen molar-refractivity contribution in [1.82, 2.24) is 9.97 Å². The third-order valence-corrected chi connectivity index (χ3v) is 6.42. The van der Waals surface area contributed by atoms with Gasteiger partial charge in [0.1, 0.15) is 4.21 Å². The topological polar surface area (TPSA) is 63.2 Å². The normalized spacial score (nSPS) is 11.7. The highest BCUT2D eigenvalue weighted by atomic mass is 35.5. The summed E-state index contributed by atoms with van der Waals surface area (Å²) in [7, 11) is -3.91. The Morgan fingerprint density at radius 1 is 1.05 bits per heavy atom. The lowest BCUT2D eigenvalue weighted by Gasteiger charge is -2.15. The van der Waals surface area contributed by atoms with E-state index in [2.05, 4.69) is 9.97 Å². The number of thiophene rings is 1. The summed E-state index contributed by atoms with van der Waals surface area (Å²) >= 11 is 13.0. The molecular weight excluding hydrogens is 353 g/mol. The lowest BCUT2D eigenvalue weighted by molar-refractivity contribution is 0.599. The van der Waals surface area contributed by atoms with E-state index in [-0.39, 0.29) is 15.2 Å². The molecular formula is C12H7Cl2N3O2S2. The van der Waals surface area contributed by atoms with Gasteiger partial charge >= 0.3 is 0 Å². The van der Waals surface area contributed by atoms with Gasteiger partial charge in [0.2, 0.25) is 0 Å². The Morgan fingerprint density at radius 2 is 1.71 bits per heavy atom. The second-order valence-electron chi connectivity index (χ2n) is 3.98. The van der Waals surface area contributed by atoms with Gasteiger partial charge in [-0.15, -0.1) is 11.3 Å². The lowest BCUT2D eigenvalue weighted by atomic mass is 10.3. The maximum atomic E-state index is 12.4. The SMILES string of the molecule is O=S(=O)(c1cccs1)N(Cl)c1nc2ccccc2nc1Cl.